The number of nitrogens with zero attached hydrogens (tertiary/aromatic N) is 1. The zero-order valence-electron chi connectivity index (χ0n) is 9.36. The number of carbonyl (C=O) groups excluding carboxylic acids is 1. The molecule has 0 saturated heterocycles. The topological polar surface area (TPSA) is 72.3 Å². The van der Waals surface area contributed by atoms with E-state index in [1.54, 1.807) is 6.08 Å². The molecule has 1 unspecified atom stereocenters. The molecule has 0 heterocycles. The Morgan fingerprint density at radius 3 is 2.80 bits per heavy atom. The predicted molar refractivity (Wildman–Crippen MR) is 61.1 cm³/mol. The summed E-state index contributed by atoms with van der Waals surface area (Å²) in [5.74, 6) is -0.376. The van der Waals surface area contributed by atoms with Gasteiger partial charge in [-0.05, 0) is 33.5 Å². The molecule has 0 aliphatic heterocycles. The van der Waals surface area contributed by atoms with Crippen LogP contribution >= 0.6 is 0 Å². The van der Waals surface area contributed by atoms with E-state index in [1.165, 1.54) is 0 Å². The van der Waals surface area contributed by atoms with Crippen LogP contribution in [-0.4, -0.2) is 37.0 Å². The van der Waals surface area contributed by atoms with Gasteiger partial charge >= 0.3 is 0 Å². The minimum absolute atomic E-state index is 0.376. The van der Waals surface area contributed by atoms with Crippen LogP contribution in [0.4, 0.5) is 0 Å². The normalized spacial score (nSPS) is 25.5. The van der Waals surface area contributed by atoms with Gasteiger partial charge in [-0.2, -0.15) is 0 Å². The Hall–Kier alpha value is -1.13. The Morgan fingerprint density at radius 2 is 2.27 bits per heavy atom. The number of amides is 1. The third kappa shape index (κ3) is 3.49. The monoisotopic (exact) mass is 209 g/mol. The average molecular weight is 209 g/mol. The molecule has 4 nitrogen and oxygen atoms in total. The van der Waals surface area contributed by atoms with Crippen molar-refractivity contribution in [1.82, 2.24) is 4.90 Å². The molecule has 1 aliphatic rings. The van der Waals surface area contributed by atoms with Crippen LogP contribution in [0.15, 0.2) is 23.8 Å². The molecule has 0 fully saturated rings. The fourth-order valence-corrected chi connectivity index (χ4v) is 1.60. The number of hydrogen-bond donors (Lipinski definition) is 2. The standard InChI is InChI=1S/C11H19N3O/c1-14(2)7-6-11(13)5-3-4-9(8-11)10(12)15/h3-5H,6-8,13H2,1-2H3,(H2,12,15). The van der Waals surface area contributed by atoms with E-state index in [9.17, 15) is 4.79 Å². The van der Waals surface area contributed by atoms with Gasteiger partial charge in [0.25, 0.3) is 0 Å². The van der Waals surface area contributed by atoms with Gasteiger partial charge in [-0.1, -0.05) is 18.2 Å². The minimum Gasteiger partial charge on any atom is -0.366 e. The SMILES string of the molecule is CN(C)CCC1(N)C=CC=C(C(N)=O)C1. The fourth-order valence-electron chi connectivity index (χ4n) is 1.60. The predicted octanol–water partition coefficient (Wildman–Crippen LogP) is 0.00720. The van der Waals surface area contributed by atoms with Gasteiger partial charge in [0.1, 0.15) is 0 Å². The summed E-state index contributed by atoms with van der Waals surface area (Å²) < 4.78 is 0. The Balaban J connectivity index is 2.62. The van der Waals surface area contributed by atoms with E-state index < -0.39 is 5.54 Å². The molecule has 1 amide bonds. The molecule has 0 spiro atoms. The summed E-state index contributed by atoms with van der Waals surface area (Å²) in [5, 5.41) is 0. The molecule has 0 aromatic heterocycles. The van der Waals surface area contributed by atoms with Crippen molar-refractivity contribution in [3.05, 3.63) is 23.8 Å². The van der Waals surface area contributed by atoms with Gasteiger partial charge in [0.05, 0.1) is 0 Å². The third-order valence-electron chi connectivity index (χ3n) is 2.59. The van der Waals surface area contributed by atoms with Gasteiger partial charge in [0.2, 0.25) is 5.91 Å². The lowest BCUT2D eigenvalue weighted by Gasteiger charge is -2.30. The van der Waals surface area contributed by atoms with Crippen LogP contribution in [0.2, 0.25) is 0 Å². The Labute approximate surface area is 90.6 Å². The minimum atomic E-state index is -0.427. The van der Waals surface area contributed by atoms with Crippen molar-refractivity contribution in [2.75, 3.05) is 20.6 Å². The zero-order valence-corrected chi connectivity index (χ0v) is 9.36. The van der Waals surface area contributed by atoms with Crippen LogP contribution in [-0.2, 0) is 4.79 Å². The molecule has 15 heavy (non-hydrogen) atoms. The Bertz CT molecular complexity index is 307. The highest BCUT2D eigenvalue weighted by atomic mass is 16.1. The van der Waals surface area contributed by atoms with E-state index in [2.05, 4.69) is 4.90 Å². The fraction of sp³-hybridized carbons (Fsp3) is 0.545. The Kier molecular flexibility index (Phi) is 3.66. The zero-order chi connectivity index (χ0) is 11.5. The maximum atomic E-state index is 11.0. The third-order valence-corrected chi connectivity index (χ3v) is 2.59. The summed E-state index contributed by atoms with van der Waals surface area (Å²) in [5.41, 5.74) is 11.6. The molecule has 0 radical (unpaired) electrons. The molecule has 4 heteroatoms. The molecular weight excluding hydrogens is 190 g/mol. The number of rotatable bonds is 4. The van der Waals surface area contributed by atoms with Crippen molar-refractivity contribution < 1.29 is 4.79 Å². The lowest BCUT2D eigenvalue weighted by molar-refractivity contribution is -0.114. The van der Waals surface area contributed by atoms with E-state index in [0.717, 1.165) is 13.0 Å². The molecule has 0 aromatic carbocycles. The molecule has 1 rings (SSSR count). The first-order chi connectivity index (χ1) is 6.93. The molecular formula is C11H19N3O. The van der Waals surface area contributed by atoms with Gasteiger partial charge in [-0.3, -0.25) is 4.79 Å². The number of hydrogen-bond acceptors (Lipinski definition) is 3. The van der Waals surface area contributed by atoms with E-state index in [4.69, 9.17) is 11.5 Å². The van der Waals surface area contributed by atoms with Crippen LogP contribution in [0.1, 0.15) is 12.8 Å². The Morgan fingerprint density at radius 1 is 1.60 bits per heavy atom. The molecule has 0 aromatic rings. The van der Waals surface area contributed by atoms with E-state index in [1.807, 2.05) is 26.2 Å². The quantitative estimate of drug-likeness (QED) is 0.685. The first kappa shape index (κ1) is 11.9. The van der Waals surface area contributed by atoms with E-state index >= 15 is 0 Å². The summed E-state index contributed by atoms with van der Waals surface area (Å²) >= 11 is 0. The van der Waals surface area contributed by atoms with Crippen LogP contribution < -0.4 is 11.5 Å². The van der Waals surface area contributed by atoms with Crippen LogP contribution in [0.3, 0.4) is 0 Å². The van der Waals surface area contributed by atoms with Gasteiger partial charge in [0, 0.05) is 11.1 Å². The molecule has 0 saturated carbocycles. The molecule has 4 N–H and O–H groups in total. The molecule has 1 atom stereocenters. The number of primary amides is 1. The van der Waals surface area contributed by atoms with Crippen molar-refractivity contribution in [3.63, 3.8) is 0 Å². The maximum Gasteiger partial charge on any atom is 0.244 e. The average Bonchev–Trinajstić information content (AvgIpc) is 2.15. The van der Waals surface area contributed by atoms with Crippen molar-refractivity contribution in [2.24, 2.45) is 11.5 Å². The second kappa shape index (κ2) is 4.59. The van der Waals surface area contributed by atoms with Crippen LogP contribution in [0.5, 0.6) is 0 Å². The van der Waals surface area contributed by atoms with Crippen molar-refractivity contribution >= 4 is 5.91 Å². The lowest BCUT2D eigenvalue weighted by Crippen LogP contribution is -2.43. The first-order valence-electron chi connectivity index (χ1n) is 5.05. The number of carbonyl (C=O) groups is 1. The summed E-state index contributed by atoms with van der Waals surface area (Å²) in [6, 6.07) is 0. The summed E-state index contributed by atoms with van der Waals surface area (Å²) in [6.45, 7) is 0.896. The summed E-state index contributed by atoms with van der Waals surface area (Å²) in [4.78, 5) is 13.1. The van der Waals surface area contributed by atoms with Crippen molar-refractivity contribution in [2.45, 2.75) is 18.4 Å². The van der Waals surface area contributed by atoms with E-state index in [-0.39, 0.29) is 5.91 Å². The second-order valence-electron chi connectivity index (χ2n) is 4.38. The summed E-state index contributed by atoms with van der Waals surface area (Å²) in [7, 11) is 4.00. The molecule has 84 valence electrons. The number of nitrogens with two attached hydrogens (primary N) is 2. The van der Waals surface area contributed by atoms with Gasteiger partial charge in [-0.15, -0.1) is 0 Å². The smallest absolute Gasteiger partial charge is 0.244 e. The van der Waals surface area contributed by atoms with Crippen LogP contribution in [0, 0.1) is 0 Å². The van der Waals surface area contributed by atoms with Crippen molar-refractivity contribution in [3.8, 4) is 0 Å². The maximum absolute atomic E-state index is 11.0. The van der Waals surface area contributed by atoms with Crippen LogP contribution in [0.25, 0.3) is 0 Å². The van der Waals surface area contributed by atoms with Gasteiger partial charge in [0.15, 0.2) is 0 Å². The highest BCUT2D eigenvalue weighted by molar-refractivity contribution is 5.92. The lowest BCUT2D eigenvalue weighted by atomic mass is 9.84. The largest absolute Gasteiger partial charge is 0.366 e. The highest BCUT2D eigenvalue weighted by Gasteiger charge is 2.26. The summed E-state index contributed by atoms with van der Waals surface area (Å²) in [6.07, 6.45) is 6.86. The second-order valence-corrected chi connectivity index (χ2v) is 4.38. The van der Waals surface area contributed by atoms with Gasteiger partial charge in [-0.25, -0.2) is 0 Å². The highest BCUT2D eigenvalue weighted by Crippen LogP contribution is 2.23. The first-order valence-corrected chi connectivity index (χ1v) is 5.05. The molecule has 0 bridgehead atoms. The van der Waals surface area contributed by atoms with Crippen molar-refractivity contribution in [1.29, 1.82) is 0 Å². The molecule has 1 aliphatic carbocycles. The number of allylic oxidation sites excluding steroid dienone is 2. The van der Waals surface area contributed by atoms with Gasteiger partial charge < -0.3 is 16.4 Å². The van der Waals surface area contributed by atoms with E-state index in [0.29, 0.717) is 12.0 Å².